The zero-order valence-electron chi connectivity index (χ0n) is 10.5. The number of aryl methyl sites for hydroxylation is 1. The fraction of sp³-hybridized carbons (Fsp3) is 0.667. The highest BCUT2D eigenvalue weighted by Crippen LogP contribution is 2.20. The molecule has 0 atom stereocenters. The molecule has 1 aromatic heterocycles. The monoisotopic (exact) mass is 236 g/mol. The summed E-state index contributed by atoms with van der Waals surface area (Å²) in [6.07, 6.45) is 2.89. The van der Waals surface area contributed by atoms with Gasteiger partial charge >= 0.3 is 0 Å². The molecule has 2 N–H and O–H groups in total. The third kappa shape index (κ3) is 2.85. The summed E-state index contributed by atoms with van der Waals surface area (Å²) in [5, 5.41) is 0. The van der Waals surface area contributed by atoms with E-state index in [0.29, 0.717) is 11.9 Å². The molecule has 0 bridgehead atoms. The molecule has 1 fully saturated rings. The van der Waals surface area contributed by atoms with Crippen molar-refractivity contribution in [3.05, 3.63) is 11.9 Å². The van der Waals surface area contributed by atoms with Gasteiger partial charge in [-0.25, -0.2) is 9.97 Å². The second-order valence-electron chi connectivity index (χ2n) is 4.38. The molecule has 0 saturated carbocycles. The lowest BCUT2D eigenvalue weighted by Crippen LogP contribution is -2.37. The van der Waals surface area contributed by atoms with E-state index in [1.54, 1.807) is 0 Å². The van der Waals surface area contributed by atoms with Crippen LogP contribution in [0.15, 0.2) is 6.07 Å². The average molecular weight is 236 g/mol. The van der Waals surface area contributed by atoms with Crippen LogP contribution in [0.1, 0.15) is 25.6 Å². The molecule has 0 aromatic carbocycles. The van der Waals surface area contributed by atoms with Crippen LogP contribution in [0.25, 0.3) is 0 Å². The fourth-order valence-corrected chi connectivity index (χ4v) is 2.10. The number of aromatic nitrogens is 2. The predicted molar refractivity (Wildman–Crippen MR) is 68.1 cm³/mol. The molecule has 0 unspecified atom stereocenters. The molecule has 1 aliphatic rings. The van der Waals surface area contributed by atoms with Gasteiger partial charge in [0.1, 0.15) is 17.5 Å². The molecule has 17 heavy (non-hydrogen) atoms. The Balaban J connectivity index is 2.17. The lowest BCUT2D eigenvalue weighted by molar-refractivity contribution is 0.0853. The van der Waals surface area contributed by atoms with Crippen LogP contribution in [0.4, 0.5) is 11.6 Å². The minimum absolute atomic E-state index is 0.489. The first-order chi connectivity index (χ1) is 8.20. The van der Waals surface area contributed by atoms with Crippen LogP contribution in [-0.4, -0.2) is 36.3 Å². The van der Waals surface area contributed by atoms with Gasteiger partial charge in [0.2, 0.25) is 0 Å². The van der Waals surface area contributed by atoms with Crippen LogP contribution in [0, 0.1) is 0 Å². The summed E-state index contributed by atoms with van der Waals surface area (Å²) >= 11 is 0. The van der Waals surface area contributed by atoms with Crippen LogP contribution in [0.5, 0.6) is 0 Å². The van der Waals surface area contributed by atoms with E-state index >= 15 is 0 Å². The average Bonchev–Trinajstić information content (AvgIpc) is 2.38. The Labute approximate surface area is 102 Å². The molecule has 5 nitrogen and oxygen atoms in total. The predicted octanol–water partition coefficient (Wildman–Crippen LogP) is 1.24. The first-order valence-electron chi connectivity index (χ1n) is 6.14. The molecule has 1 saturated heterocycles. The van der Waals surface area contributed by atoms with Crippen molar-refractivity contribution in [1.29, 1.82) is 0 Å². The minimum atomic E-state index is 0.489. The zero-order valence-corrected chi connectivity index (χ0v) is 10.5. The van der Waals surface area contributed by atoms with Crippen molar-refractivity contribution in [2.45, 2.75) is 32.2 Å². The van der Waals surface area contributed by atoms with Gasteiger partial charge in [0.15, 0.2) is 0 Å². The Morgan fingerprint density at radius 1 is 1.41 bits per heavy atom. The number of anilines is 2. The van der Waals surface area contributed by atoms with Crippen molar-refractivity contribution in [3.8, 4) is 0 Å². The zero-order chi connectivity index (χ0) is 12.3. The van der Waals surface area contributed by atoms with E-state index in [4.69, 9.17) is 10.5 Å². The second-order valence-corrected chi connectivity index (χ2v) is 4.38. The molecule has 94 valence electrons. The summed E-state index contributed by atoms with van der Waals surface area (Å²) in [6.45, 7) is 3.69. The number of rotatable bonds is 3. The smallest absolute Gasteiger partial charge is 0.134 e. The lowest BCUT2D eigenvalue weighted by atomic mass is 10.1. The Bertz CT molecular complexity index is 377. The molecule has 0 spiro atoms. The Hall–Kier alpha value is -1.36. The Kier molecular flexibility index (Phi) is 3.78. The van der Waals surface area contributed by atoms with Gasteiger partial charge in [-0.3, -0.25) is 0 Å². The molecular weight excluding hydrogens is 216 g/mol. The number of nitrogen functional groups attached to an aromatic ring is 1. The van der Waals surface area contributed by atoms with Crippen molar-refractivity contribution in [1.82, 2.24) is 9.97 Å². The van der Waals surface area contributed by atoms with Crippen LogP contribution < -0.4 is 10.6 Å². The van der Waals surface area contributed by atoms with Crippen LogP contribution in [-0.2, 0) is 11.2 Å². The Morgan fingerprint density at radius 2 is 2.12 bits per heavy atom. The quantitative estimate of drug-likeness (QED) is 0.855. The molecule has 5 heteroatoms. The molecule has 1 aliphatic heterocycles. The summed E-state index contributed by atoms with van der Waals surface area (Å²) in [7, 11) is 2.07. The molecule has 0 radical (unpaired) electrons. The summed E-state index contributed by atoms with van der Waals surface area (Å²) in [5.41, 5.74) is 5.80. The van der Waals surface area contributed by atoms with Gasteiger partial charge in [-0.2, -0.15) is 0 Å². The topological polar surface area (TPSA) is 64.3 Å². The van der Waals surface area contributed by atoms with Crippen molar-refractivity contribution in [3.63, 3.8) is 0 Å². The summed E-state index contributed by atoms with van der Waals surface area (Å²) < 4.78 is 5.37. The number of nitrogens with two attached hydrogens (primary N) is 1. The SMILES string of the molecule is CCc1nc(N)cc(N(C)C2CCOCC2)n1. The van der Waals surface area contributed by atoms with E-state index < -0.39 is 0 Å². The minimum Gasteiger partial charge on any atom is -0.384 e. The second kappa shape index (κ2) is 5.31. The number of hydrogen-bond donors (Lipinski definition) is 1. The fourth-order valence-electron chi connectivity index (χ4n) is 2.10. The highest BCUT2D eigenvalue weighted by Gasteiger charge is 2.20. The summed E-state index contributed by atoms with van der Waals surface area (Å²) in [5.74, 6) is 2.27. The lowest BCUT2D eigenvalue weighted by Gasteiger charge is -2.32. The van der Waals surface area contributed by atoms with Crippen LogP contribution in [0.2, 0.25) is 0 Å². The first kappa shape index (κ1) is 12.1. The number of ether oxygens (including phenoxy) is 1. The van der Waals surface area contributed by atoms with Gasteiger partial charge in [-0.1, -0.05) is 6.92 Å². The third-order valence-electron chi connectivity index (χ3n) is 3.19. The number of nitrogens with zero attached hydrogens (tertiary/aromatic N) is 3. The van der Waals surface area contributed by atoms with E-state index in [1.165, 1.54) is 0 Å². The van der Waals surface area contributed by atoms with E-state index in [0.717, 1.165) is 44.1 Å². The molecule has 2 heterocycles. The standard InChI is InChI=1S/C12H20N4O/c1-3-11-14-10(13)8-12(15-11)16(2)9-4-6-17-7-5-9/h8-9H,3-7H2,1-2H3,(H2,13,14,15). The van der Waals surface area contributed by atoms with Gasteiger partial charge in [-0.15, -0.1) is 0 Å². The maximum atomic E-state index is 5.80. The highest BCUT2D eigenvalue weighted by atomic mass is 16.5. The first-order valence-corrected chi connectivity index (χ1v) is 6.14. The molecule has 2 rings (SSSR count). The van der Waals surface area contributed by atoms with Crippen molar-refractivity contribution in [2.75, 3.05) is 30.9 Å². The van der Waals surface area contributed by atoms with Gasteiger partial charge < -0.3 is 15.4 Å². The normalized spacial score (nSPS) is 17.1. The van der Waals surface area contributed by atoms with Gasteiger partial charge in [0, 0.05) is 38.8 Å². The molecule has 1 aromatic rings. The summed E-state index contributed by atoms with van der Waals surface area (Å²) in [6, 6.07) is 2.33. The highest BCUT2D eigenvalue weighted by molar-refractivity contribution is 5.47. The van der Waals surface area contributed by atoms with E-state index in [2.05, 4.69) is 21.9 Å². The van der Waals surface area contributed by atoms with Crippen LogP contribution >= 0.6 is 0 Å². The maximum absolute atomic E-state index is 5.80. The molecule has 0 aliphatic carbocycles. The van der Waals surface area contributed by atoms with Crippen molar-refractivity contribution >= 4 is 11.6 Å². The van der Waals surface area contributed by atoms with Gasteiger partial charge in [-0.05, 0) is 12.8 Å². The maximum Gasteiger partial charge on any atom is 0.134 e. The van der Waals surface area contributed by atoms with Gasteiger partial charge in [0.05, 0.1) is 0 Å². The molecule has 0 amide bonds. The van der Waals surface area contributed by atoms with E-state index in [-0.39, 0.29) is 0 Å². The van der Waals surface area contributed by atoms with E-state index in [9.17, 15) is 0 Å². The van der Waals surface area contributed by atoms with E-state index in [1.807, 2.05) is 13.0 Å². The third-order valence-corrected chi connectivity index (χ3v) is 3.19. The Morgan fingerprint density at radius 3 is 2.76 bits per heavy atom. The van der Waals surface area contributed by atoms with Crippen molar-refractivity contribution < 1.29 is 4.74 Å². The van der Waals surface area contributed by atoms with Gasteiger partial charge in [0.25, 0.3) is 0 Å². The van der Waals surface area contributed by atoms with Crippen LogP contribution in [0.3, 0.4) is 0 Å². The van der Waals surface area contributed by atoms with Crippen molar-refractivity contribution in [2.24, 2.45) is 0 Å². The summed E-state index contributed by atoms with van der Waals surface area (Å²) in [4.78, 5) is 10.9. The largest absolute Gasteiger partial charge is 0.384 e. The molecular formula is C12H20N4O. The number of hydrogen-bond acceptors (Lipinski definition) is 5.